The molecule has 4 rings (SSSR count). The second-order valence-corrected chi connectivity index (χ2v) is 7.56. The monoisotopic (exact) mass is 433 g/mol. The Kier molecular flexibility index (Phi) is 7.37. The van der Waals surface area contributed by atoms with Crippen LogP contribution in [-0.2, 0) is 11.3 Å². The van der Waals surface area contributed by atoms with Crippen molar-refractivity contribution < 1.29 is 14.6 Å². The molecule has 166 valence electrons. The number of aromatic nitrogens is 3. The Morgan fingerprint density at radius 2 is 2.03 bits per heavy atom. The fourth-order valence-electron chi connectivity index (χ4n) is 3.37. The van der Waals surface area contributed by atoms with Gasteiger partial charge in [0.2, 0.25) is 0 Å². The summed E-state index contributed by atoms with van der Waals surface area (Å²) in [5.41, 5.74) is 3.52. The van der Waals surface area contributed by atoms with Crippen LogP contribution in [0.2, 0.25) is 0 Å². The van der Waals surface area contributed by atoms with Crippen molar-refractivity contribution in [3.05, 3.63) is 77.2 Å². The van der Waals surface area contributed by atoms with Crippen molar-refractivity contribution in [3.8, 4) is 6.01 Å². The summed E-state index contributed by atoms with van der Waals surface area (Å²) in [7, 11) is 0. The number of aliphatic hydroxyl groups is 1. The molecule has 8 heteroatoms. The first-order chi connectivity index (χ1) is 15.7. The minimum absolute atomic E-state index is 0.00950. The van der Waals surface area contributed by atoms with E-state index in [2.05, 4.69) is 43.9 Å². The van der Waals surface area contributed by atoms with Crippen LogP contribution >= 0.6 is 0 Å². The zero-order valence-corrected chi connectivity index (χ0v) is 18.1. The number of hydrogen-bond acceptors (Lipinski definition) is 8. The van der Waals surface area contributed by atoms with Crippen LogP contribution in [0.1, 0.15) is 28.6 Å². The lowest BCUT2D eigenvalue weighted by molar-refractivity contribution is 0.0987. The molecule has 3 aromatic rings. The zero-order valence-electron chi connectivity index (χ0n) is 18.1. The lowest BCUT2D eigenvalue weighted by atomic mass is 10.1. The van der Waals surface area contributed by atoms with Gasteiger partial charge in [-0.2, -0.15) is 9.97 Å². The lowest BCUT2D eigenvalue weighted by Crippen LogP contribution is -2.37. The van der Waals surface area contributed by atoms with Gasteiger partial charge in [-0.25, -0.2) is 0 Å². The number of hydrogen-bond donors (Lipinski definition) is 1. The summed E-state index contributed by atoms with van der Waals surface area (Å²) < 4.78 is 11.2. The average Bonchev–Trinajstić information content (AvgIpc) is 2.83. The summed E-state index contributed by atoms with van der Waals surface area (Å²) in [6.07, 6.45) is 2.61. The molecule has 1 unspecified atom stereocenters. The molecule has 0 spiro atoms. The highest BCUT2D eigenvalue weighted by molar-refractivity contribution is 5.79. The number of aliphatic hydroxyl groups excluding tert-OH is 1. The van der Waals surface area contributed by atoms with Crippen LogP contribution in [0.25, 0.3) is 0 Å². The van der Waals surface area contributed by atoms with Crippen LogP contribution < -0.4 is 9.64 Å². The molecule has 1 saturated heterocycles. The number of aryl methyl sites for hydroxylation is 1. The van der Waals surface area contributed by atoms with Gasteiger partial charge in [0.25, 0.3) is 0 Å². The largest absolute Gasteiger partial charge is 0.460 e. The Morgan fingerprint density at radius 3 is 2.81 bits per heavy atom. The number of pyridine rings is 1. The van der Waals surface area contributed by atoms with Gasteiger partial charge in [0.05, 0.1) is 31.1 Å². The Morgan fingerprint density at radius 1 is 1.16 bits per heavy atom. The van der Waals surface area contributed by atoms with E-state index >= 15 is 0 Å². The highest BCUT2D eigenvalue weighted by Gasteiger charge is 2.17. The van der Waals surface area contributed by atoms with E-state index in [1.54, 1.807) is 18.3 Å². The van der Waals surface area contributed by atoms with E-state index < -0.39 is 6.10 Å². The molecule has 1 fully saturated rings. The third kappa shape index (κ3) is 6.09. The molecule has 2 aromatic heterocycles. The normalized spacial score (nSPS) is 15.1. The first-order valence-corrected chi connectivity index (χ1v) is 10.7. The van der Waals surface area contributed by atoms with Crippen LogP contribution in [0, 0.1) is 6.92 Å². The predicted octanol–water partition coefficient (Wildman–Crippen LogP) is 2.75. The summed E-state index contributed by atoms with van der Waals surface area (Å²) in [6, 6.07) is 15.7. The molecule has 1 aliphatic heterocycles. The molecule has 8 nitrogen and oxygen atoms in total. The van der Waals surface area contributed by atoms with Gasteiger partial charge in [-0.15, -0.1) is 0 Å². The van der Waals surface area contributed by atoms with Crippen LogP contribution in [0.15, 0.2) is 59.7 Å². The number of aliphatic imine (C=N–C) groups is 1. The molecule has 0 saturated carbocycles. The van der Waals surface area contributed by atoms with E-state index in [9.17, 15) is 5.11 Å². The second-order valence-electron chi connectivity index (χ2n) is 7.56. The van der Waals surface area contributed by atoms with Gasteiger partial charge in [-0.05, 0) is 24.6 Å². The lowest BCUT2D eigenvalue weighted by Gasteiger charge is -2.28. The maximum absolute atomic E-state index is 10.4. The number of ether oxygens (including phenoxy) is 2. The molecule has 3 heterocycles. The molecule has 1 aliphatic rings. The summed E-state index contributed by atoms with van der Waals surface area (Å²) in [5, 5.41) is 10.4. The Hall–Kier alpha value is -3.36. The number of anilines is 1. The SMILES string of the molecule is Cc1cccc(C=NCc2cc(N3CCOCC3)nc(OCC(O)c3ccccn3)n2)c1. The smallest absolute Gasteiger partial charge is 0.318 e. The molecule has 0 amide bonds. The number of morpholine rings is 1. The van der Waals surface area contributed by atoms with E-state index in [0.29, 0.717) is 25.5 Å². The average molecular weight is 434 g/mol. The van der Waals surface area contributed by atoms with Crippen molar-refractivity contribution in [2.45, 2.75) is 19.6 Å². The standard InChI is InChI=1S/C24H27N5O3/c1-18-5-4-6-19(13-18)15-25-16-20-14-23(29-9-11-31-12-10-29)28-24(27-20)32-17-22(30)21-7-2-3-8-26-21/h2-8,13-15,22,30H,9-12,16-17H2,1H3. The fourth-order valence-corrected chi connectivity index (χ4v) is 3.37. The zero-order chi connectivity index (χ0) is 22.2. The van der Waals surface area contributed by atoms with E-state index in [1.807, 2.05) is 30.5 Å². The summed E-state index contributed by atoms with van der Waals surface area (Å²) in [6.45, 7) is 5.26. The van der Waals surface area contributed by atoms with Gasteiger partial charge in [-0.1, -0.05) is 35.9 Å². The fraction of sp³-hybridized carbons (Fsp3) is 0.333. The highest BCUT2D eigenvalue weighted by atomic mass is 16.5. The van der Waals surface area contributed by atoms with Crippen LogP contribution in [0.4, 0.5) is 5.82 Å². The summed E-state index contributed by atoms with van der Waals surface area (Å²) >= 11 is 0. The Balaban J connectivity index is 1.49. The second kappa shape index (κ2) is 10.8. The van der Waals surface area contributed by atoms with Gasteiger partial charge in [-0.3, -0.25) is 9.98 Å². The first-order valence-electron chi connectivity index (χ1n) is 10.7. The van der Waals surface area contributed by atoms with Crippen LogP contribution in [-0.4, -0.2) is 59.2 Å². The molecule has 1 N–H and O–H groups in total. The van der Waals surface area contributed by atoms with Gasteiger partial charge < -0.3 is 19.5 Å². The molecular weight excluding hydrogens is 406 g/mol. The van der Waals surface area contributed by atoms with Gasteiger partial charge in [0.1, 0.15) is 18.5 Å². The van der Waals surface area contributed by atoms with Gasteiger partial charge in [0.15, 0.2) is 0 Å². The minimum atomic E-state index is -0.866. The van der Waals surface area contributed by atoms with Crippen LogP contribution in [0.3, 0.4) is 0 Å². The maximum atomic E-state index is 10.4. The number of rotatable bonds is 8. The van der Waals surface area contributed by atoms with Crippen molar-refractivity contribution in [2.24, 2.45) is 4.99 Å². The number of benzene rings is 1. The van der Waals surface area contributed by atoms with E-state index in [-0.39, 0.29) is 12.6 Å². The summed E-state index contributed by atoms with van der Waals surface area (Å²) in [5.74, 6) is 0.770. The van der Waals surface area contributed by atoms with Gasteiger partial charge in [0, 0.05) is 31.6 Å². The Labute approximate surface area is 187 Å². The first kappa shape index (κ1) is 21.9. The molecule has 32 heavy (non-hydrogen) atoms. The van der Waals surface area contributed by atoms with E-state index in [0.717, 1.165) is 30.2 Å². The maximum Gasteiger partial charge on any atom is 0.318 e. The molecule has 0 bridgehead atoms. The predicted molar refractivity (Wildman–Crippen MR) is 122 cm³/mol. The highest BCUT2D eigenvalue weighted by Crippen LogP contribution is 2.20. The van der Waals surface area contributed by atoms with Crippen molar-refractivity contribution >= 4 is 12.0 Å². The van der Waals surface area contributed by atoms with E-state index in [4.69, 9.17) is 9.47 Å². The molecule has 1 aromatic carbocycles. The molecule has 0 aliphatic carbocycles. The minimum Gasteiger partial charge on any atom is -0.460 e. The van der Waals surface area contributed by atoms with Crippen molar-refractivity contribution in [1.82, 2.24) is 15.0 Å². The molecular formula is C24H27N5O3. The molecule has 1 atom stereocenters. The Bertz CT molecular complexity index is 1040. The number of nitrogens with zero attached hydrogens (tertiary/aromatic N) is 5. The topological polar surface area (TPSA) is 93.0 Å². The van der Waals surface area contributed by atoms with Crippen LogP contribution in [0.5, 0.6) is 6.01 Å². The van der Waals surface area contributed by atoms with Crippen molar-refractivity contribution in [1.29, 1.82) is 0 Å². The van der Waals surface area contributed by atoms with E-state index in [1.165, 1.54) is 5.56 Å². The summed E-state index contributed by atoms with van der Waals surface area (Å²) in [4.78, 5) is 19.9. The van der Waals surface area contributed by atoms with Crippen molar-refractivity contribution in [2.75, 3.05) is 37.8 Å². The van der Waals surface area contributed by atoms with Crippen molar-refractivity contribution in [3.63, 3.8) is 0 Å². The quantitative estimate of drug-likeness (QED) is 0.546. The molecule has 0 radical (unpaired) electrons. The van der Waals surface area contributed by atoms with Gasteiger partial charge >= 0.3 is 6.01 Å². The third-order valence-electron chi connectivity index (χ3n) is 5.02. The third-order valence-corrected chi connectivity index (χ3v) is 5.02.